The molecule has 0 atom stereocenters. The van der Waals surface area contributed by atoms with E-state index in [1.807, 2.05) is 9.13 Å². The van der Waals surface area contributed by atoms with E-state index in [9.17, 15) is 14.4 Å². The van der Waals surface area contributed by atoms with Gasteiger partial charge in [-0.3, -0.25) is 14.4 Å². The number of hydrogen-bond donors (Lipinski definition) is 2. The molecular formula is C24H32N4O6+2. The highest BCUT2D eigenvalue weighted by Crippen LogP contribution is 2.04. The molecule has 2 N–H and O–H groups in total. The van der Waals surface area contributed by atoms with Gasteiger partial charge in [0.2, 0.25) is 18.4 Å². The van der Waals surface area contributed by atoms with Gasteiger partial charge in [0.05, 0.1) is 24.6 Å². The van der Waals surface area contributed by atoms with Gasteiger partial charge in [0.15, 0.2) is 37.1 Å². The summed E-state index contributed by atoms with van der Waals surface area (Å²) in [5.41, 5.74) is 1.42. The monoisotopic (exact) mass is 472 g/mol. The minimum Gasteiger partial charge on any atom is -0.465 e. The molecule has 0 aliphatic heterocycles. The molecule has 0 saturated heterocycles. The molecule has 2 aromatic rings. The summed E-state index contributed by atoms with van der Waals surface area (Å²) >= 11 is 0. The highest BCUT2D eigenvalue weighted by molar-refractivity contribution is 5.88. The van der Waals surface area contributed by atoms with Gasteiger partial charge in [-0.15, -0.1) is 0 Å². The number of anilines is 2. The number of pyridine rings is 2. The smallest absolute Gasteiger partial charge is 0.312 e. The molecule has 0 spiro atoms. The van der Waals surface area contributed by atoms with Gasteiger partial charge in [-0.05, 0) is 12.8 Å². The predicted molar refractivity (Wildman–Crippen MR) is 123 cm³/mol. The van der Waals surface area contributed by atoms with Crippen LogP contribution in [0.5, 0.6) is 0 Å². The maximum absolute atomic E-state index is 11.9. The van der Waals surface area contributed by atoms with Crippen molar-refractivity contribution in [3.8, 4) is 0 Å². The van der Waals surface area contributed by atoms with Gasteiger partial charge in [0.1, 0.15) is 6.42 Å². The molecule has 10 nitrogen and oxygen atoms in total. The Kier molecular flexibility index (Phi) is 11.2. The average Bonchev–Trinajstić information content (AvgIpc) is 2.78. The summed E-state index contributed by atoms with van der Waals surface area (Å²) in [4.78, 5) is 44.2. The van der Waals surface area contributed by atoms with Crippen LogP contribution in [0.25, 0.3) is 0 Å². The fraction of sp³-hybridized carbons (Fsp3) is 0.375. The Labute approximate surface area is 199 Å². The Morgan fingerprint density at radius 1 is 0.853 bits per heavy atom. The van der Waals surface area contributed by atoms with E-state index in [4.69, 9.17) is 14.5 Å². The number of carbonyl (C=O) groups is 3. The van der Waals surface area contributed by atoms with Gasteiger partial charge in [-0.25, -0.2) is 4.57 Å². The average molecular weight is 473 g/mol. The molecular weight excluding hydrogens is 440 g/mol. The van der Waals surface area contributed by atoms with Crippen LogP contribution in [0, 0.1) is 0 Å². The van der Waals surface area contributed by atoms with Crippen LogP contribution in [0.15, 0.2) is 61.4 Å². The molecule has 0 unspecified atom stereocenters. The van der Waals surface area contributed by atoms with E-state index in [1.54, 1.807) is 49.1 Å². The first kappa shape index (κ1) is 26.5. The van der Waals surface area contributed by atoms with Gasteiger partial charge < -0.3 is 20.3 Å². The van der Waals surface area contributed by atoms with Crippen LogP contribution in [-0.2, 0) is 42.0 Å². The number of aryl methyl sites for hydroxylation is 1. The molecule has 2 aromatic heterocycles. The van der Waals surface area contributed by atoms with Crippen molar-refractivity contribution in [3.63, 3.8) is 0 Å². The van der Waals surface area contributed by atoms with Crippen LogP contribution >= 0.6 is 0 Å². The largest absolute Gasteiger partial charge is 0.465 e. The number of amides is 2. The van der Waals surface area contributed by atoms with Crippen molar-refractivity contribution in [1.82, 2.24) is 0 Å². The first-order valence-corrected chi connectivity index (χ1v) is 11.0. The summed E-state index contributed by atoms with van der Waals surface area (Å²) in [5.74, 6) is -0.0930. The van der Waals surface area contributed by atoms with Gasteiger partial charge in [-0.1, -0.05) is 6.58 Å². The van der Waals surface area contributed by atoms with E-state index < -0.39 is 0 Å². The number of rotatable bonds is 14. The topological polar surface area (TPSA) is 111 Å². The van der Waals surface area contributed by atoms with E-state index in [2.05, 4.69) is 17.2 Å². The standard InChI is InChI=1S/C24H30N4O6/c1-19(18-28-13-8-23(9-14-28)26-21(3)30)34-33-17-5-4-16-32-24(31)10-15-27-11-6-22(7-12-27)25-20(2)29/h6-9,11-14H,1,4-5,10,15-18H2,2-3H3/p+2. The zero-order valence-corrected chi connectivity index (χ0v) is 19.6. The highest BCUT2D eigenvalue weighted by Gasteiger charge is 2.09. The maximum Gasteiger partial charge on any atom is 0.312 e. The molecule has 34 heavy (non-hydrogen) atoms. The van der Waals surface area contributed by atoms with E-state index in [-0.39, 0.29) is 24.2 Å². The second-order valence-corrected chi connectivity index (χ2v) is 7.57. The Balaban J connectivity index is 1.50. The van der Waals surface area contributed by atoms with Crippen molar-refractivity contribution >= 4 is 29.2 Å². The maximum atomic E-state index is 11.9. The number of allylic oxidation sites excluding steroid dienone is 1. The molecule has 0 radical (unpaired) electrons. The van der Waals surface area contributed by atoms with Crippen LogP contribution < -0.4 is 19.8 Å². The van der Waals surface area contributed by atoms with E-state index in [0.717, 1.165) is 0 Å². The van der Waals surface area contributed by atoms with E-state index >= 15 is 0 Å². The molecule has 2 rings (SSSR count). The van der Waals surface area contributed by atoms with Crippen molar-refractivity contribution in [2.45, 2.75) is 46.2 Å². The third kappa shape index (κ3) is 11.2. The lowest BCUT2D eigenvalue weighted by Crippen LogP contribution is -2.34. The van der Waals surface area contributed by atoms with Gasteiger partial charge >= 0.3 is 5.97 Å². The molecule has 0 aliphatic rings. The zero-order chi connectivity index (χ0) is 24.8. The van der Waals surface area contributed by atoms with Crippen molar-refractivity contribution in [2.24, 2.45) is 0 Å². The fourth-order valence-corrected chi connectivity index (χ4v) is 2.84. The molecule has 0 aromatic carbocycles. The van der Waals surface area contributed by atoms with E-state index in [1.165, 1.54) is 13.8 Å². The first-order valence-electron chi connectivity index (χ1n) is 11.0. The molecule has 2 heterocycles. The molecule has 0 saturated carbocycles. The number of carbonyl (C=O) groups excluding carboxylic acids is 3. The third-order valence-corrected chi connectivity index (χ3v) is 4.42. The van der Waals surface area contributed by atoms with Crippen molar-refractivity contribution in [2.75, 3.05) is 23.8 Å². The SMILES string of the molecule is C=C(C[n+]1ccc(NC(C)=O)cc1)OOCCCCOC(=O)CC[n+]1ccc(NC(C)=O)cc1. The molecule has 0 aliphatic carbocycles. The van der Waals surface area contributed by atoms with Crippen LogP contribution in [-0.4, -0.2) is 31.0 Å². The van der Waals surface area contributed by atoms with Crippen LogP contribution in [0.2, 0.25) is 0 Å². The molecule has 0 bridgehead atoms. The normalized spacial score (nSPS) is 10.3. The van der Waals surface area contributed by atoms with Crippen molar-refractivity contribution in [3.05, 3.63) is 61.4 Å². The van der Waals surface area contributed by atoms with Crippen molar-refractivity contribution < 1.29 is 38.0 Å². The van der Waals surface area contributed by atoms with Crippen LogP contribution in [0.3, 0.4) is 0 Å². The zero-order valence-electron chi connectivity index (χ0n) is 19.6. The van der Waals surface area contributed by atoms with E-state index in [0.29, 0.717) is 56.3 Å². The summed E-state index contributed by atoms with van der Waals surface area (Å²) in [7, 11) is 0. The number of esters is 1. The minimum atomic E-state index is -0.273. The minimum absolute atomic E-state index is 0.126. The van der Waals surface area contributed by atoms with Crippen LogP contribution in [0.1, 0.15) is 33.1 Å². The summed E-state index contributed by atoms with van der Waals surface area (Å²) < 4.78 is 8.91. The first-order chi connectivity index (χ1) is 16.3. The second-order valence-electron chi connectivity index (χ2n) is 7.57. The fourth-order valence-electron chi connectivity index (χ4n) is 2.84. The molecule has 0 fully saturated rings. The summed E-state index contributed by atoms with van der Waals surface area (Å²) in [6.45, 7) is 8.28. The molecule has 10 heteroatoms. The predicted octanol–water partition coefficient (Wildman–Crippen LogP) is 2.05. The van der Waals surface area contributed by atoms with Crippen molar-refractivity contribution in [1.29, 1.82) is 0 Å². The Bertz CT molecular complexity index is 960. The highest BCUT2D eigenvalue weighted by atomic mass is 17.2. The summed E-state index contributed by atoms with van der Waals surface area (Å²) in [5, 5.41) is 5.39. The summed E-state index contributed by atoms with van der Waals surface area (Å²) in [6.07, 6.45) is 8.76. The Morgan fingerprint density at radius 2 is 1.38 bits per heavy atom. The van der Waals surface area contributed by atoms with Gasteiger partial charge in [0, 0.05) is 38.1 Å². The van der Waals surface area contributed by atoms with Gasteiger partial charge in [0.25, 0.3) is 0 Å². The number of nitrogens with zero attached hydrogens (tertiary/aromatic N) is 2. The lowest BCUT2D eigenvalue weighted by atomic mass is 10.3. The second kappa shape index (κ2) is 14.4. The third-order valence-electron chi connectivity index (χ3n) is 4.42. The lowest BCUT2D eigenvalue weighted by molar-refractivity contribution is -0.695. The van der Waals surface area contributed by atoms with Crippen LogP contribution in [0.4, 0.5) is 11.4 Å². The molecule has 2 amide bonds. The number of hydrogen-bond acceptors (Lipinski definition) is 6. The van der Waals surface area contributed by atoms with Gasteiger partial charge in [-0.2, -0.15) is 9.45 Å². The quantitative estimate of drug-likeness (QED) is 0.109. The number of nitrogens with one attached hydrogen (secondary N) is 2. The molecule has 182 valence electrons. The Morgan fingerprint density at radius 3 is 1.94 bits per heavy atom. The Hall–Kier alpha value is -3.79. The lowest BCUT2D eigenvalue weighted by Gasteiger charge is -2.07. The number of unbranched alkanes of at least 4 members (excludes halogenated alkanes) is 1. The number of aromatic nitrogens is 2. The summed E-state index contributed by atoms with van der Waals surface area (Å²) in [6, 6.07) is 7.09. The number of ether oxygens (including phenoxy) is 1.